The molecule has 56 heavy (non-hydrogen) atoms. The Morgan fingerprint density at radius 2 is 1.50 bits per heavy atom. The molecule has 27 heteroatoms. The molecule has 0 radical (unpaired) electrons. The molecule has 1 aromatic heterocycles. The van der Waals surface area contributed by atoms with Crippen LogP contribution in [0, 0.1) is 6.08 Å². The third-order valence-electron chi connectivity index (χ3n) is 6.94. The molecule has 0 bridgehead atoms. The molecule has 0 atom stereocenters. The summed E-state index contributed by atoms with van der Waals surface area (Å²) >= 11 is 0.392. The van der Waals surface area contributed by atoms with Gasteiger partial charge in [-0.2, -0.15) is 36.2 Å². The van der Waals surface area contributed by atoms with E-state index in [4.69, 9.17) is 9.81 Å². The topological polar surface area (TPSA) is 328 Å². The number of aromatic nitrogens is 3. The van der Waals surface area contributed by atoms with Crippen molar-refractivity contribution in [3.63, 3.8) is 0 Å². The van der Waals surface area contributed by atoms with E-state index in [1.165, 1.54) is 31.2 Å². The highest BCUT2D eigenvalue weighted by molar-refractivity contribution is 7.94. The first-order valence-electron chi connectivity index (χ1n) is 15.0. The highest BCUT2D eigenvalue weighted by Gasteiger charge is 2.20. The van der Waals surface area contributed by atoms with Crippen molar-refractivity contribution in [3.8, 4) is 5.75 Å². The first-order chi connectivity index (χ1) is 26.3. The lowest BCUT2D eigenvalue weighted by Crippen LogP contribution is -2.15. The van der Waals surface area contributed by atoms with Crippen LogP contribution in [-0.4, -0.2) is 77.9 Å². The van der Waals surface area contributed by atoms with E-state index in [-0.39, 0.29) is 38.2 Å². The third kappa shape index (κ3) is 11.1. The molecular formula is C29H25FN8O14S4. The van der Waals surface area contributed by atoms with Crippen LogP contribution in [0.5, 0.6) is 5.75 Å². The van der Waals surface area contributed by atoms with Crippen molar-refractivity contribution in [2.45, 2.75) is 21.6 Å². The van der Waals surface area contributed by atoms with Gasteiger partial charge in [-0.15, -0.1) is 14.6 Å². The molecule has 0 saturated carbocycles. The zero-order valence-electron chi connectivity index (χ0n) is 27.9. The van der Waals surface area contributed by atoms with E-state index < -0.39 is 77.0 Å². The number of nitrogens with zero attached hydrogens (tertiary/aromatic N) is 5. The van der Waals surface area contributed by atoms with Crippen LogP contribution in [0.15, 0.2) is 91.6 Å². The molecule has 5 rings (SSSR count). The van der Waals surface area contributed by atoms with Crippen LogP contribution in [0.4, 0.5) is 44.7 Å². The molecule has 0 aliphatic heterocycles. The number of phenolic OH excluding ortho intramolecular Hbond substituents is 1. The molecule has 7 N–H and O–H groups in total. The largest absolute Gasteiger partial charge is 0.505 e. The number of hydrogen-bond donors (Lipinski definition) is 7. The molecule has 0 unspecified atom stereocenters. The Labute approximate surface area is 319 Å². The van der Waals surface area contributed by atoms with E-state index in [1.54, 1.807) is 12.1 Å². The maximum Gasteiger partial charge on any atom is 0.397 e. The SMILES string of the molecule is CC(=O)Nc1ccc2cc(SOOO)c(N=Nc3cc(Nc4nc(F)nc(Nc5ccc(S(=O)(=O)CCOS(=O)(=O)O)cc5)n4)ccc3S(=O)(=O)O)c(O)c2c1. The second-order valence-corrected chi connectivity index (χ2v) is 16.2. The first kappa shape index (κ1) is 41.7. The lowest BCUT2D eigenvalue weighted by Gasteiger charge is -2.11. The van der Waals surface area contributed by atoms with E-state index in [0.717, 1.165) is 30.3 Å². The quantitative estimate of drug-likeness (QED) is 0.0226. The number of carbonyl (C=O) groups excluding carboxylic acids is 1. The van der Waals surface area contributed by atoms with Crippen LogP contribution >= 0.6 is 12.0 Å². The summed E-state index contributed by atoms with van der Waals surface area (Å²) in [4.78, 5) is 21.7. The van der Waals surface area contributed by atoms with Crippen molar-refractivity contribution in [3.05, 3.63) is 72.8 Å². The van der Waals surface area contributed by atoms with Crippen molar-refractivity contribution in [1.29, 1.82) is 0 Å². The van der Waals surface area contributed by atoms with Gasteiger partial charge in [0.05, 0.1) is 34.2 Å². The summed E-state index contributed by atoms with van der Waals surface area (Å²) in [6.07, 6.45) is -1.29. The molecule has 0 aliphatic carbocycles. The van der Waals surface area contributed by atoms with Gasteiger partial charge in [0.15, 0.2) is 15.6 Å². The Balaban J connectivity index is 1.43. The van der Waals surface area contributed by atoms with Crippen molar-refractivity contribution in [2.75, 3.05) is 28.3 Å². The zero-order valence-corrected chi connectivity index (χ0v) is 31.1. The maximum atomic E-state index is 14.5. The molecule has 22 nitrogen and oxygen atoms in total. The van der Waals surface area contributed by atoms with Gasteiger partial charge < -0.3 is 21.1 Å². The average Bonchev–Trinajstić information content (AvgIpc) is 3.09. The summed E-state index contributed by atoms with van der Waals surface area (Å²) in [5, 5.41) is 39.8. The molecular weight excluding hydrogens is 832 g/mol. The van der Waals surface area contributed by atoms with Gasteiger partial charge in [-0.05, 0) is 66.0 Å². The van der Waals surface area contributed by atoms with Gasteiger partial charge >= 0.3 is 16.5 Å². The number of carbonyl (C=O) groups is 1. The summed E-state index contributed by atoms with van der Waals surface area (Å²) < 4.78 is 112. The van der Waals surface area contributed by atoms with Gasteiger partial charge in [0.2, 0.25) is 17.8 Å². The second kappa shape index (κ2) is 17.1. The predicted octanol–water partition coefficient (Wildman–Crippen LogP) is 5.00. The normalized spacial score (nSPS) is 12.2. The minimum absolute atomic E-state index is 0.00462. The molecule has 0 saturated heterocycles. The minimum atomic E-state index is -4.94. The average molecular weight is 857 g/mol. The van der Waals surface area contributed by atoms with Gasteiger partial charge in [0.25, 0.3) is 10.1 Å². The number of benzene rings is 4. The number of rotatable bonds is 16. The molecule has 296 valence electrons. The van der Waals surface area contributed by atoms with Crippen molar-refractivity contribution < 1.29 is 67.5 Å². The number of sulfone groups is 1. The second-order valence-electron chi connectivity index (χ2n) is 10.9. The number of aromatic hydroxyl groups is 1. The predicted molar refractivity (Wildman–Crippen MR) is 193 cm³/mol. The Bertz CT molecular complexity index is 2670. The molecule has 0 aliphatic rings. The first-order valence-corrected chi connectivity index (χ1v) is 20.2. The molecule has 5 aromatic rings. The highest BCUT2D eigenvalue weighted by atomic mass is 32.3. The Morgan fingerprint density at radius 3 is 2.12 bits per heavy atom. The molecule has 0 spiro atoms. The van der Waals surface area contributed by atoms with Crippen LogP contribution in [0.1, 0.15) is 6.92 Å². The summed E-state index contributed by atoms with van der Waals surface area (Å²) in [6, 6.07) is 13.9. The van der Waals surface area contributed by atoms with Gasteiger partial charge in [-0.3, -0.25) is 13.9 Å². The Kier molecular flexibility index (Phi) is 12.7. The smallest absolute Gasteiger partial charge is 0.397 e. The van der Waals surface area contributed by atoms with Crippen LogP contribution in [-0.2, 0) is 48.7 Å². The number of fused-ring (bicyclic) bond motifs is 1. The summed E-state index contributed by atoms with van der Waals surface area (Å²) in [5.74, 6) is -2.49. The fraction of sp³-hybridized carbons (Fsp3) is 0.103. The van der Waals surface area contributed by atoms with E-state index in [9.17, 15) is 44.1 Å². The highest BCUT2D eigenvalue weighted by Crippen LogP contribution is 2.45. The summed E-state index contributed by atoms with van der Waals surface area (Å²) in [6.45, 7) is 0.442. The van der Waals surface area contributed by atoms with Crippen LogP contribution in [0.3, 0.4) is 0 Å². The molecule has 1 amide bonds. The number of halogens is 1. The monoisotopic (exact) mass is 856 g/mol. The fourth-order valence-corrected chi connectivity index (χ4v) is 7.25. The third-order valence-corrected chi connectivity index (χ3v) is 10.6. The van der Waals surface area contributed by atoms with Crippen LogP contribution in [0.25, 0.3) is 10.8 Å². The van der Waals surface area contributed by atoms with Gasteiger partial charge in [-0.25, -0.2) is 17.9 Å². The van der Waals surface area contributed by atoms with Crippen LogP contribution < -0.4 is 16.0 Å². The van der Waals surface area contributed by atoms with Crippen LogP contribution in [0.2, 0.25) is 0 Å². The number of phenols is 1. The van der Waals surface area contributed by atoms with E-state index in [1.807, 2.05) is 0 Å². The van der Waals surface area contributed by atoms with Crippen molar-refractivity contribution in [2.24, 2.45) is 10.2 Å². The summed E-state index contributed by atoms with van der Waals surface area (Å²) in [7, 11) is -13.8. The number of anilines is 5. The van der Waals surface area contributed by atoms with Crippen molar-refractivity contribution >= 4 is 99.4 Å². The minimum Gasteiger partial charge on any atom is -0.505 e. The lowest BCUT2D eigenvalue weighted by atomic mass is 10.1. The van der Waals surface area contributed by atoms with Gasteiger partial charge in [-0.1, -0.05) is 11.1 Å². The number of hydrogen-bond acceptors (Lipinski definition) is 20. The molecule has 0 fully saturated rings. The molecule has 4 aromatic carbocycles. The van der Waals surface area contributed by atoms with E-state index in [0.29, 0.717) is 23.1 Å². The van der Waals surface area contributed by atoms with E-state index >= 15 is 0 Å². The van der Waals surface area contributed by atoms with Crippen molar-refractivity contribution in [1.82, 2.24) is 15.0 Å². The Morgan fingerprint density at radius 1 is 0.857 bits per heavy atom. The van der Waals surface area contributed by atoms with Gasteiger partial charge in [0, 0.05) is 29.4 Å². The Hall–Kier alpha value is -5.49. The number of azo groups is 1. The number of nitrogens with one attached hydrogen (secondary N) is 3. The standard InChI is InChI=1S/C29H25FN8O14S4/c1-15(39)31-18-3-2-16-12-23(53-52-51-41)25(26(40)21(16)13-18)38-37-22-14-19(6-9-24(22)55(44,45)46)33-29-35-27(30)34-28(36-29)32-17-4-7-20(8-5-17)54(42,43)11-10-50-56(47,48)49/h2-9,12-14,40-41H,10-11H2,1H3,(H,31,39)(H,44,45,46)(H,47,48,49)(H2,32,33,34,35,36). The number of amides is 1. The zero-order chi connectivity index (χ0) is 40.8. The molecule has 1 heterocycles. The van der Waals surface area contributed by atoms with E-state index in [2.05, 4.69) is 54.7 Å². The lowest BCUT2D eigenvalue weighted by molar-refractivity contribution is -0.432. The maximum absolute atomic E-state index is 14.5. The van der Waals surface area contributed by atoms with Gasteiger partial charge in [0.1, 0.15) is 16.3 Å². The summed E-state index contributed by atoms with van der Waals surface area (Å²) in [5.41, 5.74) is -0.373. The fourth-order valence-electron chi connectivity index (χ4n) is 4.66.